The Bertz CT molecular complexity index is 298. The molecular formula is C10H18N4O. The van der Waals surface area contributed by atoms with Gasteiger partial charge in [-0.15, -0.1) is 0 Å². The first-order chi connectivity index (χ1) is 7.10. The zero-order chi connectivity index (χ0) is 11.4. The molecule has 84 valence electrons. The molecule has 0 aromatic heterocycles. The molecule has 1 heterocycles. The van der Waals surface area contributed by atoms with Gasteiger partial charge in [0.1, 0.15) is 6.04 Å². The van der Waals surface area contributed by atoms with Gasteiger partial charge in [-0.25, -0.2) is 5.84 Å². The van der Waals surface area contributed by atoms with Gasteiger partial charge < -0.3 is 10.2 Å². The van der Waals surface area contributed by atoms with E-state index in [4.69, 9.17) is 5.84 Å². The fourth-order valence-electron chi connectivity index (χ4n) is 1.68. The zero-order valence-electron chi connectivity index (χ0n) is 9.21. The van der Waals surface area contributed by atoms with Gasteiger partial charge in [-0.3, -0.25) is 10.2 Å². The lowest BCUT2D eigenvalue weighted by Crippen LogP contribution is -2.49. The monoisotopic (exact) mass is 210 g/mol. The van der Waals surface area contributed by atoms with Crippen LogP contribution in [0.25, 0.3) is 0 Å². The molecule has 4 N–H and O–H groups in total. The lowest BCUT2D eigenvalue weighted by atomic mass is 10.1. The van der Waals surface area contributed by atoms with Crippen molar-refractivity contribution in [3.63, 3.8) is 0 Å². The second-order valence-corrected chi connectivity index (χ2v) is 3.57. The summed E-state index contributed by atoms with van der Waals surface area (Å²) < 4.78 is 0. The number of hydrogen-bond acceptors (Lipinski definition) is 4. The first-order valence-electron chi connectivity index (χ1n) is 4.91. The second kappa shape index (κ2) is 4.84. The number of rotatable bonds is 3. The summed E-state index contributed by atoms with van der Waals surface area (Å²) in [6.45, 7) is 6.51. The fraction of sp³-hybridized carbons (Fsp3) is 0.500. The summed E-state index contributed by atoms with van der Waals surface area (Å²) in [5.41, 5.74) is 4.10. The lowest BCUT2D eigenvalue weighted by Gasteiger charge is -2.35. The lowest BCUT2D eigenvalue weighted by molar-refractivity contribution is -0.124. The van der Waals surface area contributed by atoms with Crippen LogP contribution in [0.3, 0.4) is 0 Å². The quantitative estimate of drug-likeness (QED) is 0.339. The van der Waals surface area contributed by atoms with Gasteiger partial charge in [0, 0.05) is 31.4 Å². The van der Waals surface area contributed by atoms with Crippen molar-refractivity contribution in [2.45, 2.75) is 19.4 Å². The molecule has 0 aromatic carbocycles. The van der Waals surface area contributed by atoms with Gasteiger partial charge in [-0.05, 0) is 13.0 Å². The van der Waals surface area contributed by atoms with E-state index in [9.17, 15) is 4.79 Å². The standard InChI is InChI=1S/C10H18N4O/c1-7(2)14-5-4-8(12-3)6-9(14)10(15)13-11/h6,9,12H,1,4-5,11H2,2-3H3,(H,13,15). The topological polar surface area (TPSA) is 70.4 Å². The SMILES string of the molecule is C=C(C)N1CCC(NC)=CC1C(=O)NN. The molecule has 1 unspecified atom stereocenters. The van der Waals surface area contributed by atoms with E-state index < -0.39 is 0 Å². The van der Waals surface area contributed by atoms with E-state index in [-0.39, 0.29) is 11.9 Å². The fourth-order valence-corrected chi connectivity index (χ4v) is 1.68. The molecule has 15 heavy (non-hydrogen) atoms. The molecule has 1 atom stereocenters. The molecule has 0 aliphatic carbocycles. The summed E-state index contributed by atoms with van der Waals surface area (Å²) in [5, 5.41) is 3.06. The summed E-state index contributed by atoms with van der Waals surface area (Å²) in [7, 11) is 1.85. The van der Waals surface area contributed by atoms with Crippen LogP contribution < -0.4 is 16.6 Å². The van der Waals surface area contributed by atoms with Crippen molar-refractivity contribution < 1.29 is 4.79 Å². The molecule has 0 spiro atoms. The van der Waals surface area contributed by atoms with Crippen LogP contribution in [-0.2, 0) is 4.79 Å². The van der Waals surface area contributed by atoms with Crippen molar-refractivity contribution in [3.8, 4) is 0 Å². The molecule has 5 heteroatoms. The third-order valence-corrected chi connectivity index (χ3v) is 2.54. The number of carbonyl (C=O) groups excluding carboxylic acids is 1. The maximum atomic E-state index is 11.6. The third-order valence-electron chi connectivity index (χ3n) is 2.54. The van der Waals surface area contributed by atoms with Gasteiger partial charge >= 0.3 is 0 Å². The van der Waals surface area contributed by atoms with Crippen LogP contribution in [0.15, 0.2) is 24.0 Å². The molecule has 0 radical (unpaired) electrons. The number of carbonyl (C=O) groups is 1. The van der Waals surface area contributed by atoms with E-state index in [1.165, 1.54) is 0 Å². The Balaban J connectivity index is 2.90. The highest BCUT2D eigenvalue weighted by Gasteiger charge is 2.26. The number of hydrazine groups is 1. The van der Waals surface area contributed by atoms with Gasteiger partial charge in [0.25, 0.3) is 5.91 Å². The van der Waals surface area contributed by atoms with Gasteiger partial charge in [0.15, 0.2) is 0 Å². The average molecular weight is 210 g/mol. The largest absolute Gasteiger partial charge is 0.392 e. The minimum absolute atomic E-state index is 0.217. The molecule has 0 saturated carbocycles. The van der Waals surface area contributed by atoms with Gasteiger partial charge in [0.2, 0.25) is 0 Å². The van der Waals surface area contributed by atoms with Crippen molar-refractivity contribution in [3.05, 3.63) is 24.0 Å². The summed E-state index contributed by atoms with van der Waals surface area (Å²) in [4.78, 5) is 13.5. The molecule has 0 fully saturated rings. The first kappa shape index (κ1) is 11.6. The minimum Gasteiger partial charge on any atom is -0.392 e. The van der Waals surface area contributed by atoms with Crippen LogP contribution in [0, 0.1) is 0 Å². The number of nitrogens with two attached hydrogens (primary N) is 1. The van der Waals surface area contributed by atoms with Crippen molar-refractivity contribution >= 4 is 5.91 Å². The normalized spacial score (nSPS) is 20.6. The van der Waals surface area contributed by atoms with Gasteiger partial charge in [-0.2, -0.15) is 0 Å². The van der Waals surface area contributed by atoms with E-state index in [2.05, 4.69) is 17.3 Å². The van der Waals surface area contributed by atoms with Crippen molar-refractivity contribution in [2.75, 3.05) is 13.6 Å². The smallest absolute Gasteiger partial charge is 0.260 e. The van der Waals surface area contributed by atoms with Crippen molar-refractivity contribution in [2.24, 2.45) is 5.84 Å². The molecule has 0 aromatic rings. The predicted octanol–water partition coefficient (Wildman–Crippen LogP) is -0.312. The molecule has 1 rings (SSSR count). The van der Waals surface area contributed by atoms with E-state index >= 15 is 0 Å². The number of allylic oxidation sites excluding steroid dienone is 1. The predicted molar refractivity (Wildman–Crippen MR) is 59.4 cm³/mol. The average Bonchev–Trinajstić information content (AvgIpc) is 2.26. The Morgan fingerprint density at radius 3 is 2.87 bits per heavy atom. The Morgan fingerprint density at radius 2 is 2.40 bits per heavy atom. The van der Waals surface area contributed by atoms with E-state index in [0.717, 1.165) is 24.4 Å². The number of hydrogen-bond donors (Lipinski definition) is 3. The van der Waals surface area contributed by atoms with Gasteiger partial charge in [-0.1, -0.05) is 6.58 Å². The molecular weight excluding hydrogens is 192 g/mol. The Hall–Kier alpha value is -1.49. The van der Waals surface area contributed by atoms with E-state index in [1.54, 1.807) is 0 Å². The minimum atomic E-state index is -0.358. The van der Waals surface area contributed by atoms with E-state index in [0.29, 0.717) is 0 Å². The molecule has 5 nitrogen and oxygen atoms in total. The van der Waals surface area contributed by atoms with Crippen molar-refractivity contribution in [1.82, 2.24) is 15.6 Å². The number of nitrogens with one attached hydrogen (secondary N) is 2. The van der Waals surface area contributed by atoms with Crippen molar-refractivity contribution in [1.29, 1.82) is 0 Å². The van der Waals surface area contributed by atoms with Gasteiger partial charge in [0.05, 0.1) is 0 Å². The zero-order valence-corrected chi connectivity index (χ0v) is 9.21. The number of nitrogens with zero attached hydrogens (tertiary/aromatic N) is 1. The Labute approximate surface area is 90.0 Å². The first-order valence-corrected chi connectivity index (χ1v) is 4.91. The molecule has 1 aliphatic heterocycles. The summed E-state index contributed by atoms with van der Waals surface area (Å²) >= 11 is 0. The Kier molecular flexibility index (Phi) is 3.74. The Morgan fingerprint density at radius 1 is 1.73 bits per heavy atom. The summed E-state index contributed by atoms with van der Waals surface area (Å²) in [5.74, 6) is 4.93. The number of amides is 1. The maximum Gasteiger partial charge on any atom is 0.260 e. The van der Waals surface area contributed by atoms with Crippen LogP contribution in [0.2, 0.25) is 0 Å². The van der Waals surface area contributed by atoms with Crippen LogP contribution in [0.4, 0.5) is 0 Å². The van der Waals surface area contributed by atoms with Crippen LogP contribution in [-0.4, -0.2) is 30.4 Å². The van der Waals surface area contributed by atoms with Crippen LogP contribution in [0.5, 0.6) is 0 Å². The summed E-state index contributed by atoms with van der Waals surface area (Å²) in [6.07, 6.45) is 2.76. The highest BCUT2D eigenvalue weighted by Crippen LogP contribution is 2.18. The molecule has 0 bridgehead atoms. The summed E-state index contributed by atoms with van der Waals surface area (Å²) in [6, 6.07) is -0.358. The van der Waals surface area contributed by atoms with E-state index in [1.807, 2.05) is 24.9 Å². The van der Waals surface area contributed by atoms with Crippen LogP contribution in [0.1, 0.15) is 13.3 Å². The second-order valence-electron chi connectivity index (χ2n) is 3.57. The highest BCUT2D eigenvalue weighted by molar-refractivity contribution is 5.83. The third kappa shape index (κ3) is 2.50. The maximum absolute atomic E-state index is 11.6. The van der Waals surface area contributed by atoms with Crippen LogP contribution >= 0.6 is 0 Å². The molecule has 0 saturated heterocycles. The molecule has 1 amide bonds. The highest BCUT2D eigenvalue weighted by atomic mass is 16.2. The molecule has 1 aliphatic rings.